The van der Waals surface area contributed by atoms with Gasteiger partial charge in [0.05, 0.1) is 0 Å². The summed E-state index contributed by atoms with van der Waals surface area (Å²) in [5.74, 6) is 1.91. The van der Waals surface area contributed by atoms with Gasteiger partial charge in [0, 0.05) is 36.7 Å². The smallest absolute Gasteiger partial charge is 0.191 e. The van der Waals surface area contributed by atoms with Gasteiger partial charge >= 0.3 is 0 Å². The minimum atomic E-state index is 0.546. The molecule has 0 saturated heterocycles. The van der Waals surface area contributed by atoms with E-state index in [1.807, 2.05) is 37.0 Å². The summed E-state index contributed by atoms with van der Waals surface area (Å²) in [7, 11) is 1.83. The largest absolute Gasteiger partial charge is 0.461 e. The van der Waals surface area contributed by atoms with Gasteiger partial charge in [-0.05, 0) is 37.7 Å². The van der Waals surface area contributed by atoms with Crippen molar-refractivity contribution in [1.82, 2.24) is 10.6 Å². The van der Waals surface area contributed by atoms with Crippen molar-refractivity contribution < 1.29 is 4.42 Å². The van der Waals surface area contributed by atoms with Gasteiger partial charge in [0.15, 0.2) is 5.96 Å². The molecular weight excluding hydrogens is 306 g/mol. The van der Waals surface area contributed by atoms with Crippen molar-refractivity contribution in [1.29, 1.82) is 0 Å². The molecule has 3 rings (SSSR count). The van der Waals surface area contributed by atoms with Crippen molar-refractivity contribution in [2.45, 2.75) is 37.0 Å². The Hall–Kier alpha value is -1.62. The maximum atomic E-state index is 5.84. The predicted octanol–water partition coefficient (Wildman–Crippen LogP) is 3.42. The van der Waals surface area contributed by atoms with Crippen LogP contribution < -0.4 is 10.6 Å². The Labute approximate surface area is 142 Å². The first-order chi connectivity index (χ1) is 11.3. The van der Waals surface area contributed by atoms with Crippen LogP contribution >= 0.6 is 11.8 Å². The van der Waals surface area contributed by atoms with Gasteiger partial charge in [-0.15, -0.1) is 0 Å². The molecule has 1 aliphatic carbocycles. The third kappa shape index (κ3) is 4.22. The van der Waals surface area contributed by atoms with E-state index in [2.05, 4.69) is 34.0 Å². The third-order valence-electron chi connectivity index (χ3n) is 4.42. The first-order valence-electron chi connectivity index (χ1n) is 8.26. The van der Waals surface area contributed by atoms with Crippen LogP contribution in [-0.2, 0) is 6.42 Å². The van der Waals surface area contributed by atoms with Crippen LogP contribution in [0.1, 0.15) is 25.0 Å². The zero-order valence-electron chi connectivity index (χ0n) is 13.8. The number of furan rings is 1. The Morgan fingerprint density at radius 3 is 2.96 bits per heavy atom. The lowest BCUT2D eigenvalue weighted by molar-refractivity contribution is 0.542. The predicted molar refractivity (Wildman–Crippen MR) is 99.4 cm³/mol. The molecule has 1 saturated carbocycles. The molecule has 1 heterocycles. The topological polar surface area (TPSA) is 49.6 Å². The molecule has 1 aromatic heterocycles. The van der Waals surface area contributed by atoms with Crippen molar-refractivity contribution in [2.24, 2.45) is 4.99 Å². The Morgan fingerprint density at radius 2 is 2.22 bits per heavy atom. The average molecular weight is 331 g/mol. The van der Waals surface area contributed by atoms with Gasteiger partial charge in [0.25, 0.3) is 0 Å². The number of hydrogen-bond acceptors (Lipinski definition) is 3. The molecule has 23 heavy (non-hydrogen) atoms. The SMILES string of the molecule is CN=C(NCCc1cc2ccccc2o1)NC1CCC(SC)C1. The molecule has 4 nitrogen and oxygen atoms in total. The van der Waals surface area contributed by atoms with Crippen LogP contribution in [0.5, 0.6) is 0 Å². The van der Waals surface area contributed by atoms with E-state index < -0.39 is 0 Å². The fourth-order valence-corrected chi connectivity index (χ4v) is 3.93. The molecule has 0 radical (unpaired) electrons. The van der Waals surface area contributed by atoms with Gasteiger partial charge in [0.1, 0.15) is 11.3 Å². The summed E-state index contributed by atoms with van der Waals surface area (Å²) in [6.07, 6.45) is 6.82. The summed E-state index contributed by atoms with van der Waals surface area (Å²) in [4.78, 5) is 4.33. The van der Waals surface area contributed by atoms with E-state index in [4.69, 9.17) is 4.42 Å². The fraction of sp³-hybridized carbons (Fsp3) is 0.500. The van der Waals surface area contributed by atoms with Crippen molar-refractivity contribution in [3.63, 3.8) is 0 Å². The maximum absolute atomic E-state index is 5.84. The third-order valence-corrected chi connectivity index (χ3v) is 5.52. The Balaban J connectivity index is 1.47. The van der Waals surface area contributed by atoms with Gasteiger partial charge in [-0.25, -0.2) is 0 Å². The number of hydrogen-bond donors (Lipinski definition) is 2. The van der Waals surface area contributed by atoms with Crippen molar-refractivity contribution >= 4 is 28.7 Å². The summed E-state index contributed by atoms with van der Waals surface area (Å²) in [6.45, 7) is 0.818. The molecule has 0 amide bonds. The Bertz CT molecular complexity index is 634. The second-order valence-electron chi connectivity index (χ2n) is 6.01. The van der Waals surface area contributed by atoms with Crippen LogP contribution in [-0.4, -0.2) is 37.1 Å². The summed E-state index contributed by atoms with van der Waals surface area (Å²) in [5.41, 5.74) is 0.957. The van der Waals surface area contributed by atoms with Gasteiger partial charge < -0.3 is 15.1 Å². The zero-order valence-corrected chi connectivity index (χ0v) is 14.7. The molecule has 2 atom stereocenters. The lowest BCUT2D eigenvalue weighted by Gasteiger charge is -2.17. The van der Waals surface area contributed by atoms with Crippen molar-refractivity contribution in [3.05, 3.63) is 36.1 Å². The second-order valence-corrected chi connectivity index (χ2v) is 7.15. The minimum absolute atomic E-state index is 0.546. The molecule has 0 aliphatic heterocycles. The van der Waals surface area contributed by atoms with Crippen LogP contribution in [0.15, 0.2) is 39.7 Å². The lowest BCUT2D eigenvalue weighted by Crippen LogP contribution is -2.43. The Morgan fingerprint density at radius 1 is 1.35 bits per heavy atom. The molecule has 0 spiro atoms. The number of nitrogens with one attached hydrogen (secondary N) is 2. The molecule has 5 heteroatoms. The van der Waals surface area contributed by atoms with E-state index in [9.17, 15) is 0 Å². The highest BCUT2D eigenvalue weighted by molar-refractivity contribution is 7.99. The van der Waals surface area contributed by atoms with Crippen molar-refractivity contribution in [2.75, 3.05) is 19.8 Å². The minimum Gasteiger partial charge on any atom is -0.461 e. The number of benzene rings is 1. The average Bonchev–Trinajstić information content (AvgIpc) is 3.19. The van der Waals surface area contributed by atoms with E-state index >= 15 is 0 Å². The van der Waals surface area contributed by atoms with Gasteiger partial charge in [-0.1, -0.05) is 18.2 Å². The van der Waals surface area contributed by atoms with E-state index in [0.717, 1.165) is 35.5 Å². The molecule has 2 N–H and O–H groups in total. The first kappa shape index (κ1) is 16.2. The summed E-state index contributed by atoms with van der Waals surface area (Å²) < 4.78 is 5.84. The number of rotatable bonds is 5. The highest BCUT2D eigenvalue weighted by Gasteiger charge is 2.24. The summed E-state index contributed by atoms with van der Waals surface area (Å²) >= 11 is 1.98. The Kier molecular flexibility index (Phi) is 5.49. The normalized spacial score (nSPS) is 21.7. The second kappa shape index (κ2) is 7.77. The van der Waals surface area contributed by atoms with Crippen LogP contribution in [0.25, 0.3) is 11.0 Å². The first-order valence-corrected chi connectivity index (χ1v) is 9.54. The zero-order chi connectivity index (χ0) is 16.1. The van der Waals surface area contributed by atoms with E-state index in [1.54, 1.807) is 0 Å². The van der Waals surface area contributed by atoms with Crippen LogP contribution in [0.3, 0.4) is 0 Å². The highest BCUT2D eigenvalue weighted by atomic mass is 32.2. The lowest BCUT2D eigenvalue weighted by atomic mass is 10.2. The molecule has 2 unspecified atom stereocenters. The number of fused-ring (bicyclic) bond motifs is 1. The maximum Gasteiger partial charge on any atom is 0.191 e. The highest BCUT2D eigenvalue weighted by Crippen LogP contribution is 2.28. The molecule has 0 bridgehead atoms. The van der Waals surface area contributed by atoms with Crippen molar-refractivity contribution in [3.8, 4) is 0 Å². The number of nitrogens with zero attached hydrogens (tertiary/aromatic N) is 1. The van der Waals surface area contributed by atoms with E-state index in [1.165, 1.54) is 24.6 Å². The molecule has 124 valence electrons. The van der Waals surface area contributed by atoms with Gasteiger partial charge in [-0.2, -0.15) is 11.8 Å². The quantitative estimate of drug-likeness (QED) is 0.651. The van der Waals surface area contributed by atoms with Crippen LogP contribution in [0, 0.1) is 0 Å². The summed E-state index contributed by atoms with van der Waals surface area (Å²) in [6, 6.07) is 10.8. The summed E-state index contributed by atoms with van der Waals surface area (Å²) in [5, 5.41) is 8.89. The van der Waals surface area contributed by atoms with Crippen LogP contribution in [0.4, 0.5) is 0 Å². The van der Waals surface area contributed by atoms with E-state index in [0.29, 0.717) is 6.04 Å². The van der Waals surface area contributed by atoms with E-state index in [-0.39, 0.29) is 0 Å². The monoisotopic (exact) mass is 331 g/mol. The molecule has 1 fully saturated rings. The number of aliphatic imine (C=N–C) groups is 1. The van der Waals surface area contributed by atoms with Gasteiger partial charge in [-0.3, -0.25) is 4.99 Å². The molecule has 2 aromatic rings. The molecule has 1 aromatic carbocycles. The fourth-order valence-electron chi connectivity index (χ4n) is 3.14. The molecular formula is C18H25N3OS. The van der Waals surface area contributed by atoms with Crippen LogP contribution in [0.2, 0.25) is 0 Å². The molecule has 1 aliphatic rings. The van der Waals surface area contributed by atoms with Gasteiger partial charge in [0.2, 0.25) is 0 Å². The number of guanidine groups is 1. The number of thioether (sulfide) groups is 1. The number of para-hydroxylation sites is 1. The standard InChI is InChI=1S/C18H25N3OS/c1-19-18(21-14-7-8-16(12-14)23-2)20-10-9-15-11-13-5-3-4-6-17(13)22-15/h3-6,11,14,16H,7-10,12H2,1-2H3,(H2,19,20,21).